The zero-order valence-corrected chi connectivity index (χ0v) is 17.2. The van der Waals surface area contributed by atoms with E-state index in [0.29, 0.717) is 48.3 Å². The highest BCUT2D eigenvalue weighted by Crippen LogP contribution is 2.35. The average Bonchev–Trinajstić information content (AvgIpc) is 3.29. The Labute approximate surface area is 179 Å². The Hall–Kier alpha value is -2.77. The molecule has 1 N–H and O–H groups in total. The average molecular weight is 431 g/mol. The van der Waals surface area contributed by atoms with Gasteiger partial charge >= 0.3 is 0 Å². The second-order valence-corrected chi connectivity index (χ2v) is 7.60. The fourth-order valence-corrected chi connectivity index (χ4v) is 3.60. The number of rotatable bonds is 7. The molecule has 2 aromatic rings. The van der Waals surface area contributed by atoms with E-state index in [1.54, 1.807) is 47.4 Å². The van der Waals surface area contributed by atoms with E-state index in [1.807, 2.05) is 0 Å². The second-order valence-electron chi connectivity index (χ2n) is 7.16. The third kappa shape index (κ3) is 4.86. The van der Waals surface area contributed by atoms with Crippen molar-refractivity contribution in [3.63, 3.8) is 0 Å². The van der Waals surface area contributed by atoms with Crippen molar-refractivity contribution in [3.8, 4) is 11.5 Å². The van der Waals surface area contributed by atoms with Crippen LogP contribution in [0.1, 0.15) is 19.3 Å². The Morgan fingerprint density at radius 1 is 1.23 bits per heavy atom. The van der Waals surface area contributed by atoms with E-state index in [4.69, 9.17) is 25.8 Å². The predicted octanol–water partition coefficient (Wildman–Crippen LogP) is 3.65. The van der Waals surface area contributed by atoms with Crippen LogP contribution in [-0.2, 0) is 14.3 Å². The SMILES string of the molecule is O=C(Nc1ccc2c(c1)N(CCCOc1ccc(Cl)cc1)C(=O)CO2)C1CCCO1. The van der Waals surface area contributed by atoms with Crippen molar-refractivity contribution in [2.75, 3.05) is 36.6 Å². The minimum atomic E-state index is -0.417. The van der Waals surface area contributed by atoms with Crippen molar-refractivity contribution in [1.29, 1.82) is 0 Å². The summed E-state index contributed by atoms with van der Waals surface area (Å²) < 4.78 is 16.7. The lowest BCUT2D eigenvalue weighted by molar-refractivity contribution is -0.124. The number of amides is 2. The number of nitrogens with one attached hydrogen (secondary N) is 1. The highest BCUT2D eigenvalue weighted by molar-refractivity contribution is 6.30. The maximum atomic E-state index is 12.4. The molecule has 0 saturated carbocycles. The van der Waals surface area contributed by atoms with Crippen LogP contribution in [0.2, 0.25) is 5.02 Å². The third-order valence-electron chi connectivity index (χ3n) is 5.00. The number of fused-ring (bicyclic) bond motifs is 1. The second kappa shape index (κ2) is 9.36. The number of ether oxygens (including phenoxy) is 3. The Kier molecular flexibility index (Phi) is 6.40. The first-order chi connectivity index (χ1) is 14.6. The number of carbonyl (C=O) groups is 2. The van der Waals surface area contributed by atoms with Crippen LogP contribution in [0, 0.1) is 0 Å². The minimum Gasteiger partial charge on any atom is -0.494 e. The number of hydrogen-bond donors (Lipinski definition) is 1. The van der Waals surface area contributed by atoms with Crippen molar-refractivity contribution in [2.45, 2.75) is 25.4 Å². The molecule has 2 heterocycles. The van der Waals surface area contributed by atoms with E-state index in [2.05, 4.69) is 5.32 Å². The van der Waals surface area contributed by atoms with E-state index < -0.39 is 6.10 Å². The van der Waals surface area contributed by atoms with Gasteiger partial charge in [0.1, 0.15) is 17.6 Å². The lowest BCUT2D eigenvalue weighted by atomic mass is 10.2. The van der Waals surface area contributed by atoms with Gasteiger partial charge in [-0.1, -0.05) is 11.6 Å². The first-order valence-electron chi connectivity index (χ1n) is 9.98. The summed E-state index contributed by atoms with van der Waals surface area (Å²) in [4.78, 5) is 26.4. The lowest BCUT2D eigenvalue weighted by Crippen LogP contribution is -2.40. The van der Waals surface area contributed by atoms with E-state index in [1.165, 1.54) is 0 Å². The predicted molar refractivity (Wildman–Crippen MR) is 113 cm³/mol. The molecule has 2 aliphatic heterocycles. The molecule has 2 aromatic carbocycles. The summed E-state index contributed by atoms with van der Waals surface area (Å²) in [6.07, 6.45) is 1.83. The number of hydrogen-bond acceptors (Lipinski definition) is 5. The van der Waals surface area contributed by atoms with Gasteiger partial charge in [0.05, 0.1) is 12.3 Å². The van der Waals surface area contributed by atoms with E-state index in [9.17, 15) is 9.59 Å². The molecule has 0 bridgehead atoms. The molecule has 30 heavy (non-hydrogen) atoms. The molecular weight excluding hydrogens is 408 g/mol. The molecule has 8 heteroatoms. The van der Waals surface area contributed by atoms with Crippen molar-refractivity contribution in [1.82, 2.24) is 0 Å². The van der Waals surface area contributed by atoms with Gasteiger partial charge in [0.25, 0.3) is 11.8 Å². The maximum absolute atomic E-state index is 12.4. The normalized spacial score (nSPS) is 18.0. The Morgan fingerprint density at radius 2 is 2.07 bits per heavy atom. The van der Waals surface area contributed by atoms with Crippen LogP contribution in [0.5, 0.6) is 11.5 Å². The zero-order chi connectivity index (χ0) is 20.9. The number of carbonyl (C=O) groups excluding carboxylic acids is 2. The number of halogens is 1. The van der Waals surface area contributed by atoms with Crippen LogP contribution >= 0.6 is 11.6 Å². The molecule has 1 unspecified atom stereocenters. The molecule has 1 atom stereocenters. The number of nitrogens with zero attached hydrogens (tertiary/aromatic N) is 1. The highest BCUT2D eigenvalue weighted by Gasteiger charge is 2.27. The lowest BCUT2D eigenvalue weighted by Gasteiger charge is -2.30. The van der Waals surface area contributed by atoms with Crippen LogP contribution < -0.4 is 19.7 Å². The molecule has 4 rings (SSSR count). The molecule has 7 nitrogen and oxygen atoms in total. The Balaban J connectivity index is 1.38. The van der Waals surface area contributed by atoms with Crippen molar-refractivity contribution >= 4 is 34.8 Å². The molecule has 0 aromatic heterocycles. The van der Waals surface area contributed by atoms with Gasteiger partial charge in [-0.15, -0.1) is 0 Å². The quantitative estimate of drug-likeness (QED) is 0.678. The Morgan fingerprint density at radius 3 is 2.83 bits per heavy atom. The molecule has 1 fully saturated rings. The maximum Gasteiger partial charge on any atom is 0.265 e. The molecule has 0 spiro atoms. The molecule has 0 radical (unpaired) electrons. The minimum absolute atomic E-state index is 0.00728. The largest absolute Gasteiger partial charge is 0.494 e. The van der Waals surface area contributed by atoms with Gasteiger partial charge in [-0.25, -0.2) is 0 Å². The van der Waals surface area contributed by atoms with Gasteiger partial charge in [0.2, 0.25) is 0 Å². The fourth-order valence-electron chi connectivity index (χ4n) is 3.48. The molecule has 0 aliphatic carbocycles. The topological polar surface area (TPSA) is 77.1 Å². The van der Waals surface area contributed by atoms with Crippen LogP contribution in [0.15, 0.2) is 42.5 Å². The summed E-state index contributed by atoms with van der Waals surface area (Å²) in [5, 5.41) is 3.52. The number of anilines is 2. The molecular formula is C22H23ClN2O5. The summed E-state index contributed by atoms with van der Waals surface area (Å²) in [7, 11) is 0. The van der Waals surface area contributed by atoms with Gasteiger partial charge in [0.15, 0.2) is 6.61 Å². The van der Waals surface area contributed by atoms with E-state index in [0.717, 1.165) is 18.6 Å². The van der Waals surface area contributed by atoms with Gasteiger partial charge in [-0.2, -0.15) is 0 Å². The zero-order valence-electron chi connectivity index (χ0n) is 16.4. The smallest absolute Gasteiger partial charge is 0.265 e. The molecule has 158 valence electrons. The fraction of sp³-hybridized carbons (Fsp3) is 0.364. The molecule has 1 saturated heterocycles. The third-order valence-corrected chi connectivity index (χ3v) is 5.25. The van der Waals surface area contributed by atoms with Crippen LogP contribution in [0.25, 0.3) is 0 Å². The van der Waals surface area contributed by atoms with E-state index in [-0.39, 0.29) is 18.4 Å². The van der Waals surface area contributed by atoms with E-state index >= 15 is 0 Å². The first kappa shape index (κ1) is 20.5. The van der Waals surface area contributed by atoms with Crippen LogP contribution in [0.4, 0.5) is 11.4 Å². The van der Waals surface area contributed by atoms with Gasteiger partial charge < -0.3 is 24.4 Å². The monoisotopic (exact) mass is 430 g/mol. The first-order valence-corrected chi connectivity index (χ1v) is 10.4. The summed E-state index contributed by atoms with van der Waals surface area (Å²) >= 11 is 5.87. The molecule has 2 amide bonds. The molecule has 2 aliphatic rings. The van der Waals surface area contributed by atoms with Crippen LogP contribution in [-0.4, -0.2) is 44.3 Å². The summed E-state index contributed by atoms with van der Waals surface area (Å²) in [5.74, 6) is 1.05. The van der Waals surface area contributed by atoms with Gasteiger partial charge in [-0.05, 0) is 61.7 Å². The number of benzene rings is 2. The highest BCUT2D eigenvalue weighted by atomic mass is 35.5. The summed E-state index contributed by atoms with van der Waals surface area (Å²) in [6.45, 7) is 1.53. The van der Waals surface area contributed by atoms with Gasteiger partial charge in [-0.3, -0.25) is 9.59 Å². The Bertz CT molecular complexity index is 912. The van der Waals surface area contributed by atoms with Gasteiger partial charge in [0, 0.05) is 23.9 Å². The van der Waals surface area contributed by atoms with Crippen molar-refractivity contribution < 1.29 is 23.8 Å². The van der Waals surface area contributed by atoms with Crippen molar-refractivity contribution in [2.24, 2.45) is 0 Å². The summed E-state index contributed by atoms with van der Waals surface area (Å²) in [6, 6.07) is 12.4. The van der Waals surface area contributed by atoms with Crippen molar-refractivity contribution in [3.05, 3.63) is 47.5 Å². The van der Waals surface area contributed by atoms with Crippen LogP contribution in [0.3, 0.4) is 0 Å². The summed E-state index contributed by atoms with van der Waals surface area (Å²) in [5.41, 5.74) is 1.25. The standard InChI is InChI=1S/C22H23ClN2O5/c23-15-4-7-17(8-5-15)28-12-2-10-25-18-13-16(6-9-19(18)30-14-21(25)26)24-22(27)20-3-1-11-29-20/h4-9,13,20H,1-3,10-12,14H2,(H,24,27).